The fraction of sp³-hybridized carbons (Fsp3) is 0.632. The number of guanidine groups is 1. The van der Waals surface area contributed by atoms with Gasteiger partial charge in [-0.3, -0.25) is 0 Å². The molecule has 7 heteroatoms. The summed E-state index contributed by atoms with van der Waals surface area (Å²) in [4.78, 5) is 6.82. The van der Waals surface area contributed by atoms with Crippen LogP contribution in [0.1, 0.15) is 20.3 Å². The zero-order valence-corrected chi connectivity index (χ0v) is 16.4. The van der Waals surface area contributed by atoms with Crippen LogP contribution in [0.4, 0.5) is 4.39 Å². The highest BCUT2D eigenvalue weighted by molar-refractivity contribution is 5.79. The SMILES string of the molecule is CCNC(=NCC(C)Oc1ccc(F)cc1)NCCN(C)CCCOC. The molecule has 1 unspecified atom stereocenters. The normalized spacial score (nSPS) is 12.9. The van der Waals surface area contributed by atoms with Gasteiger partial charge in [0, 0.05) is 39.9 Å². The summed E-state index contributed by atoms with van der Waals surface area (Å²) in [6, 6.07) is 6.02. The summed E-state index contributed by atoms with van der Waals surface area (Å²) < 4.78 is 23.7. The molecule has 0 fully saturated rings. The third-order valence-electron chi connectivity index (χ3n) is 3.68. The summed E-state index contributed by atoms with van der Waals surface area (Å²) in [5.74, 6) is 1.14. The van der Waals surface area contributed by atoms with E-state index in [2.05, 4.69) is 27.6 Å². The lowest BCUT2D eigenvalue weighted by atomic mass is 10.3. The van der Waals surface area contributed by atoms with Crippen molar-refractivity contribution in [3.63, 3.8) is 0 Å². The van der Waals surface area contributed by atoms with Crippen LogP contribution in [-0.2, 0) is 4.74 Å². The first kappa shape index (κ1) is 22.2. The number of benzene rings is 1. The van der Waals surface area contributed by atoms with Gasteiger partial charge in [0.2, 0.25) is 0 Å². The lowest BCUT2D eigenvalue weighted by Gasteiger charge is -2.18. The van der Waals surface area contributed by atoms with Gasteiger partial charge in [-0.15, -0.1) is 0 Å². The van der Waals surface area contributed by atoms with Gasteiger partial charge < -0.3 is 25.0 Å². The maximum atomic E-state index is 12.9. The van der Waals surface area contributed by atoms with E-state index in [1.807, 2.05) is 13.8 Å². The van der Waals surface area contributed by atoms with Crippen LogP contribution in [0.15, 0.2) is 29.3 Å². The van der Waals surface area contributed by atoms with Crippen LogP contribution in [0, 0.1) is 5.82 Å². The molecule has 0 radical (unpaired) electrons. The number of hydrogen-bond donors (Lipinski definition) is 2. The molecule has 1 atom stereocenters. The van der Waals surface area contributed by atoms with Gasteiger partial charge in [0.05, 0.1) is 6.54 Å². The van der Waals surface area contributed by atoms with E-state index in [9.17, 15) is 4.39 Å². The highest BCUT2D eigenvalue weighted by Gasteiger charge is 2.05. The molecule has 0 heterocycles. The number of rotatable bonds is 12. The van der Waals surface area contributed by atoms with E-state index in [1.54, 1.807) is 19.2 Å². The minimum atomic E-state index is -0.270. The Kier molecular flexibility index (Phi) is 11.4. The van der Waals surface area contributed by atoms with Gasteiger partial charge in [-0.2, -0.15) is 0 Å². The van der Waals surface area contributed by atoms with Crippen LogP contribution < -0.4 is 15.4 Å². The van der Waals surface area contributed by atoms with Crippen LogP contribution in [-0.4, -0.2) is 70.5 Å². The third kappa shape index (κ3) is 10.2. The van der Waals surface area contributed by atoms with Crippen molar-refractivity contribution >= 4 is 5.96 Å². The number of hydrogen-bond acceptors (Lipinski definition) is 4. The van der Waals surface area contributed by atoms with E-state index in [4.69, 9.17) is 9.47 Å². The molecule has 148 valence electrons. The number of nitrogens with one attached hydrogen (secondary N) is 2. The van der Waals surface area contributed by atoms with Crippen LogP contribution in [0.3, 0.4) is 0 Å². The molecule has 2 N–H and O–H groups in total. The smallest absolute Gasteiger partial charge is 0.191 e. The molecular weight excluding hydrogens is 335 g/mol. The summed E-state index contributed by atoms with van der Waals surface area (Å²) in [5, 5.41) is 6.56. The first-order valence-electron chi connectivity index (χ1n) is 9.17. The van der Waals surface area contributed by atoms with Crippen molar-refractivity contribution in [2.75, 3.05) is 53.5 Å². The number of likely N-dealkylation sites (N-methyl/N-ethyl adjacent to an activating group) is 1. The molecule has 0 aliphatic heterocycles. The topological polar surface area (TPSA) is 58.1 Å². The Morgan fingerprint density at radius 1 is 1.23 bits per heavy atom. The van der Waals surface area contributed by atoms with Gasteiger partial charge >= 0.3 is 0 Å². The average Bonchev–Trinajstić information content (AvgIpc) is 2.62. The second-order valence-electron chi connectivity index (χ2n) is 6.18. The van der Waals surface area contributed by atoms with E-state index in [-0.39, 0.29) is 11.9 Å². The quantitative estimate of drug-likeness (QED) is 0.336. The van der Waals surface area contributed by atoms with Gasteiger partial charge in [-0.05, 0) is 51.6 Å². The van der Waals surface area contributed by atoms with Gasteiger partial charge in [-0.25, -0.2) is 9.38 Å². The van der Waals surface area contributed by atoms with Crippen molar-refractivity contribution < 1.29 is 13.9 Å². The Balaban J connectivity index is 2.35. The molecule has 1 aromatic rings. The number of nitrogens with zero attached hydrogens (tertiary/aromatic N) is 2. The molecule has 26 heavy (non-hydrogen) atoms. The maximum absolute atomic E-state index is 12.9. The summed E-state index contributed by atoms with van der Waals surface area (Å²) in [6.07, 6.45) is 0.923. The van der Waals surface area contributed by atoms with Crippen LogP contribution in [0.2, 0.25) is 0 Å². The molecule has 1 rings (SSSR count). The number of methoxy groups -OCH3 is 1. The number of aliphatic imine (C=N–C) groups is 1. The molecule has 0 spiro atoms. The molecule has 0 aliphatic carbocycles. The molecule has 0 saturated carbocycles. The van der Waals surface area contributed by atoms with Gasteiger partial charge in [-0.1, -0.05) is 0 Å². The highest BCUT2D eigenvalue weighted by Crippen LogP contribution is 2.12. The molecule has 0 aliphatic rings. The Hall–Kier alpha value is -1.86. The molecule has 0 saturated heterocycles. The monoisotopic (exact) mass is 368 g/mol. The summed E-state index contributed by atoms with van der Waals surface area (Å²) >= 11 is 0. The lowest BCUT2D eigenvalue weighted by molar-refractivity contribution is 0.180. The number of halogens is 1. The zero-order valence-electron chi connectivity index (χ0n) is 16.4. The van der Waals surface area contributed by atoms with Crippen molar-refractivity contribution in [2.24, 2.45) is 4.99 Å². The van der Waals surface area contributed by atoms with E-state index in [1.165, 1.54) is 12.1 Å². The molecular formula is C19H33FN4O2. The summed E-state index contributed by atoms with van der Waals surface area (Å²) in [7, 11) is 3.82. The van der Waals surface area contributed by atoms with Crippen LogP contribution in [0.5, 0.6) is 5.75 Å². The standard InChI is InChI=1S/C19H33FN4O2/c1-5-21-19(22-11-13-24(3)12-6-14-25-4)23-15-16(2)26-18-9-7-17(20)8-10-18/h7-10,16H,5-6,11-15H2,1-4H3,(H2,21,22,23). The Morgan fingerprint density at radius 2 is 1.96 bits per heavy atom. The Morgan fingerprint density at radius 3 is 2.62 bits per heavy atom. The van der Waals surface area contributed by atoms with Gasteiger partial charge in [0.25, 0.3) is 0 Å². The van der Waals surface area contributed by atoms with Crippen molar-refractivity contribution in [3.05, 3.63) is 30.1 Å². The van der Waals surface area contributed by atoms with Crippen molar-refractivity contribution in [2.45, 2.75) is 26.4 Å². The molecule has 0 amide bonds. The van der Waals surface area contributed by atoms with E-state index in [0.717, 1.165) is 45.2 Å². The van der Waals surface area contributed by atoms with E-state index < -0.39 is 0 Å². The average molecular weight is 368 g/mol. The zero-order chi connectivity index (χ0) is 19.2. The van der Waals surface area contributed by atoms with E-state index >= 15 is 0 Å². The predicted molar refractivity (Wildman–Crippen MR) is 104 cm³/mol. The number of ether oxygens (including phenoxy) is 2. The third-order valence-corrected chi connectivity index (χ3v) is 3.68. The lowest BCUT2D eigenvalue weighted by Crippen LogP contribution is -2.41. The minimum Gasteiger partial charge on any atom is -0.489 e. The minimum absolute atomic E-state index is 0.104. The Bertz CT molecular complexity index is 511. The molecule has 1 aromatic carbocycles. The molecule has 0 bridgehead atoms. The highest BCUT2D eigenvalue weighted by atomic mass is 19.1. The van der Waals surface area contributed by atoms with Crippen LogP contribution in [0.25, 0.3) is 0 Å². The largest absolute Gasteiger partial charge is 0.489 e. The first-order chi connectivity index (χ1) is 12.5. The molecule has 0 aromatic heterocycles. The van der Waals surface area contributed by atoms with Crippen molar-refractivity contribution in [1.82, 2.24) is 15.5 Å². The van der Waals surface area contributed by atoms with Crippen LogP contribution >= 0.6 is 0 Å². The molecule has 6 nitrogen and oxygen atoms in total. The Labute approximate surface area is 156 Å². The fourth-order valence-corrected chi connectivity index (χ4v) is 2.30. The first-order valence-corrected chi connectivity index (χ1v) is 9.17. The van der Waals surface area contributed by atoms with Gasteiger partial charge in [0.15, 0.2) is 5.96 Å². The summed E-state index contributed by atoms with van der Waals surface area (Å²) in [6.45, 7) is 8.81. The summed E-state index contributed by atoms with van der Waals surface area (Å²) in [5.41, 5.74) is 0. The van der Waals surface area contributed by atoms with Crippen molar-refractivity contribution in [1.29, 1.82) is 0 Å². The maximum Gasteiger partial charge on any atom is 0.191 e. The van der Waals surface area contributed by atoms with Crippen molar-refractivity contribution in [3.8, 4) is 5.75 Å². The van der Waals surface area contributed by atoms with E-state index in [0.29, 0.717) is 12.3 Å². The predicted octanol–water partition coefficient (Wildman–Crippen LogP) is 2.12. The van der Waals surface area contributed by atoms with Gasteiger partial charge in [0.1, 0.15) is 17.7 Å². The second-order valence-corrected chi connectivity index (χ2v) is 6.18. The second kappa shape index (κ2) is 13.4. The fourth-order valence-electron chi connectivity index (χ4n) is 2.30.